The van der Waals surface area contributed by atoms with E-state index < -0.39 is 0 Å². The fourth-order valence-corrected chi connectivity index (χ4v) is 1.76. The van der Waals surface area contributed by atoms with Crippen LogP contribution in [0.1, 0.15) is 11.1 Å². The summed E-state index contributed by atoms with van der Waals surface area (Å²) in [7, 11) is 0. The van der Waals surface area contributed by atoms with E-state index in [0.29, 0.717) is 17.2 Å². The third kappa shape index (κ3) is 3.03. The van der Waals surface area contributed by atoms with E-state index in [0.717, 1.165) is 10.0 Å². The summed E-state index contributed by atoms with van der Waals surface area (Å²) in [6, 6.07) is 8.92. The van der Waals surface area contributed by atoms with E-state index in [1.165, 1.54) is 0 Å². The fourth-order valence-electron chi connectivity index (χ4n) is 1.51. The maximum atomic E-state index is 8.73. The van der Waals surface area contributed by atoms with Gasteiger partial charge in [-0.05, 0) is 42.8 Å². The minimum atomic E-state index is -0.0445. The number of hydrogen-bond donors (Lipinski definition) is 2. The number of halogens is 1. The van der Waals surface area contributed by atoms with Crippen molar-refractivity contribution in [3.63, 3.8) is 0 Å². The van der Waals surface area contributed by atoms with Gasteiger partial charge in [0.15, 0.2) is 5.84 Å². The Morgan fingerprint density at radius 2 is 2.21 bits per heavy atom. The molecule has 1 aromatic carbocycles. The van der Waals surface area contributed by atoms with Gasteiger partial charge in [-0.25, -0.2) is 4.98 Å². The summed E-state index contributed by atoms with van der Waals surface area (Å²) in [6.07, 6.45) is 1.58. The first-order chi connectivity index (χ1) is 9.11. The predicted octanol–water partition coefficient (Wildman–Crippen LogP) is 3.04. The van der Waals surface area contributed by atoms with Crippen LogP contribution in [0.4, 0.5) is 0 Å². The van der Waals surface area contributed by atoms with Gasteiger partial charge in [0, 0.05) is 10.7 Å². The van der Waals surface area contributed by atoms with E-state index >= 15 is 0 Å². The quantitative estimate of drug-likeness (QED) is 0.394. The number of aromatic nitrogens is 1. The van der Waals surface area contributed by atoms with Gasteiger partial charge in [0.1, 0.15) is 5.75 Å². The average Bonchev–Trinajstić information content (AvgIpc) is 2.43. The number of oxime groups is 1. The second kappa shape index (κ2) is 5.71. The molecule has 98 valence electrons. The maximum Gasteiger partial charge on any atom is 0.230 e. The Kier molecular flexibility index (Phi) is 4.01. The largest absolute Gasteiger partial charge is 0.438 e. The molecule has 0 radical (unpaired) electrons. The monoisotopic (exact) mass is 321 g/mol. The lowest BCUT2D eigenvalue weighted by Crippen LogP contribution is -2.14. The van der Waals surface area contributed by atoms with Crippen molar-refractivity contribution in [1.29, 1.82) is 0 Å². The Balaban J connectivity index is 2.35. The van der Waals surface area contributed by atoms with Crippen LogP contribution in [0, 0.1) is 6.92 Å². The number of hydrogen-bond acceptors (Lipinski definition) is 4. The number of aryl methyl sites for hydroxylation is 1. The first-order valence-corrected chi connectivity index (χ1v) is 6.28. The molecule has 1 aromatic heterocycles. The van der Waals surface area contributed by atoms with Gasteiger partial charge in [-0.3, -0.25) is 0 Å². The van der Waals surface area contributed by atoms with Crippen LogP contribution in [-0.4, -0.2) is 16.0 Å². The molecule has 0 saturated carbocycles. The molecule has 2 rings (SSSR count). The SMILES string of the molecule is Cc1cc(Oc2ncccc2/C(N)=N/O)ccc1Br. The molecule has 6 heteroatoms. The highest BCUT2D eigenvalue weighted by molar-refractivity contribution is 9.10. The summed E-state index contributed by atoms with van der Waals surface area (Å²) in [6.45, 7) is 1.96. The van der Waals surface area contributed by atoms with Gasteiger partial charge in [-0.2, -0.15) is 0 Å². The first kappa shape index (κ1) is 13.4. The molecule has 19 heavy (non-hydrogen) atoms. The van der Waals surface area contributed by atoms with Crippen molar-refractivity contribution in [2.45, 2.75) is 6.92 Å². The summed E-state index contributed by atoms with van der Waals surface area (Å²) >= 11 is 3.42. The van der Waals surface area contributed by atoms with E-state index in [1.807, 2.05) is 25.1 Å². The molecule has 0 aliphatic carbocycles. The third-order valence-corrected chi connectivity index (χ3v) is 3.39. The van der Waals surface area contributed by atoms with Gasteiger partial charge >= 0.3 is 0 Å². The lowest BCUT2D eigenvalue weighted by Gasteiger charge is -2.09. The number of pyridine rings is 1. The molecule has 0 aliphatic heterocycles. The molecular formula is C13H12BrN3O2. The van der Waals surface area contributed by atoms with Crippen molar-refractivity contribution >= 4 is 21.8 Å². The van der Waals surface area contributed by atoms with Crippen LogP contribution in [0.25, 0.3) is 0 Å². The molecule has 0 amide bonds. The Bertz CT molecular complexity index is 629. The molecule has 0 atom stereocenters. The summed E-state index contributed by atoms with van der Waals surface area (Å²) < 4.78 is 6.66. The van der Waals surface area contributed by atoms with Gasteiger partial charge in [0.05, 0.1) is 5.56 Å². The van der Waals surface area contributed by atoms with Gasteiger partial charge in [0.2, 0.25) is 5.88 Å². The number of rotatable bonds is 3. The standard InChI is InChI=1S/C13H12BrN3O2/c1-8-7-9(4-5-11(8)14)19-13-10(12(15)17-18)3-2-6-16-13/h2-7,18H,1H3,(H2,15,17). The lowest BCUT2D eigenvalue weighted by atomic mass is 10.2. The zero-order valence-electron chi connectivity index (χ0n) is 10.2. The second-order valence-corrected chi connectivity index (χ2v) is 4.71. The van der Waals surface area contributed by atoms with Crippen LogP contribution in [0.3, 0.4) is 0 Å². The summed E-state index contributed by atoms with van der Waals surface area (Å²) in [5.41, 5.74) is 7.05. The van der Waals surface area contributed by atoms with Crippen molar-refractivity contribution < 1.29 is 9.94 Å². The van der Waals surface area contributed by atoms with Crippen LogP contribution in [0.5, 0.6) is 11.6 Å². The molecular weight excluding hydrogens is 310 g/mol. The highest BCUT2D eigenvalue weighted by Crippen LogP contribution is 2.26. The van der Waals surface area contributed by atoms with Crippen LogP contribution in [0.15, 0.2) is 46.2 Å². The third-order valence-electron chi connectivity index (χ3n) is 2.50. The molecule has 5 nitrogen and oxygen atoms in total. The number of benzene rings is 1. The first-order valence-electron chi connectivity index (χ1n) is 5.48. The second-order valence-electron chi connectivity index (χ2n) is 3.85. The number of nitrogens with two attached hydrogens (primary N) is 1. The number of amidine groups is 1. The Morgan fingerprint density at radius 3 is 2.89 bits per heavy atom. The zero-order chi connectivity index (χ0) is 13.8. The molecule has 0 spiro atoms. The van der Waals surface area contributed by atoms with Gasteiger partial charge < -0.3 is 15.7 Å². The predicted molar refractivity (Wildman–Crippen MR) is 75.7 cm³/mol. The van der Waals surface area contributed by atoms with Crippen LogP contribution < -0.4 is 10.5 Å². The number of nitrogens with zero attached hydrogens (tertiary/aromatic N) is 2. The summed E-state index contributed by atoms with van der Waals surface area (Å²) in [5, 5.41) is 11.7. The van der Waals surface area contributed by atoms with E-state index in [9.17, 15) is 0 Å². The van der Waals surface area contributed by atoms with Gasteiger partial charge in [-0.1, -0.05) is 21.1 Å². The van der Waals surface area contributed by atoms with E-state index in [1.54, 1.807) is 18.3 Å². The van der Waals surface area contributed by atoms with Crippen molar-refractivity contribution in [2.75, 3.05) is 0 Å². The molecule has 3 N–H and O–H groups in total. The van der Waals surface area contributed by atoms with E-state index in [-0.39, 0.29) is 5.84 Å². The Hall–Kier alpha value is -2.08. The molecule has 0 saturated heterocycles. The normalized spacial score (nSPS) is 11.4. The van der Waals surface area contributed by atoms with E-state index in [2.05, 4.69) is 26.1 Å². The number of ether oxygens (including phenoxy) is 1. The zero-order valence-corrected chi connectivity index (χ0v) is 11.8. The molecule has 0 fully saturated rings. The molecule has 0 bridgehead atoms. The van der Waals surface area contributed by atoms with Crippen molar-refractivity contribution in [1.82, 2.24) is 4.98 Å². The van der Waals surface area contributed by atoms with E-state index in [4.69, 9.17) is 15.7 Å². The molecule has 0 aliphatic rings. The van der Waals surface area contributed by atoms with Crippen molar-refractivity contribution in [2.24, 2.45) is 10.9 Å². The van der Waals surface area contributed by atoms with Crippen molar-refractivity contribution in [3.05, 3.63) is 52.1 Å². The fraction of sp³-hybridized carbons (Fsp3) is 0.0769. The van der Waals surface area contributed by atoms with Crippen LogP contribution >= 0.6 is 15.9 Å². The highest BCUT2D eigenvalue weighted by atomic mass is 79.9. The maximum absolute atomic E-state index is 8.73. The minimum Gasteiger partial charge on any atom is -0.438 e. The Morgan fingerprint density at radius 1 is 1.42 bits per heavy atom. The average molecular weight is 322 g/mol. The summed E-state index contributed by atoms with van der Waals surface area (Å²) in [4.78, 5) is 4.09. The molecule has 1 heterocycles. The molecule has 2 aromatic rings. The topological polar surface area (TPSA) is 80.7 Å². The van der Waals surface area contributed by atoms with Crippen LogP contribution in [-0.2, 0) is 0 Å². The minimum absolute atomic E-state index is 0.0445. The van der Waals surface area contributed by atoms with Gasteiger partial charge in [0.25, 0.3) is 0 Å². The summed E-state index contributed by atoms with van der Waals surface area (Å²) in [5.74, 6) is 0.878. The van der Waals surface area contributed by atoms with Crippen molar-refractivity contribution in [3.8, 4) is 11.6 Å². The van der Waals surface area contributed by atoms with Crippen LogP contribution in [0.2, 0.25) is 0 Å². The van der Waals surface area contributed by atoms with Gasteiger partial charge in [-0.15, -0.1) is 0 Å². The smallest absolute Gasteiger partial charge is 0.230 e. The lowest BCUT2D eigenvalue weighted by molar-refractivity contribution is 0.318. The molecule has 0 unspecified atom stereocenters. The Labute approximate surface area is 118 Å². The highest BCUT2D eigenvalue weighted by Gasteiger charge is 2.10.